The van der Waals surface area contributed by atoms with Crippen molar-refractivity contribution in [3.8, 4) is 11.5 Å². The summed E-state index contributed by atoms with van der Waals surface area (Å²) < 4.78 is 47.9. The zero-order valence-corrected chi connectivity index (χ0v) is 18.7. The van der Waals surface area contributed by atoms with Gasteiger partial charge in [0.2, 0.25) is 12.7 Å². The van der Waals surface area contributed by atoms with E-state index in [1.54, 1.807) is 7.11 Å². The first-order chi connectivity index (χ1) is 15.5. The van der Waals surface area contributed by atoms with E-state index in [9.17, 15) is 18.0 Å². The molecule has 33 heavy (non-hydrogen) atoms. The predicted molar refractivity (Wildman–Crippen MR) is 111 cm³/mol. The number of rotatable bonds is 4. The number of piperidine rings is 1. The van der Waals surface area contributed by atoms with E-state index >= 15 is 0 Å². The number of fused-ring (bicyclic) bond motifs is 1. The number of amides is 1. The van der Waals surface area contributed by atoms with Gasteiger partial charge in [-0.15, -0.1) is 0 Å². The molecule has 1 unspecified atom stereocenters. The van der Waals surface area contributed by atoms with Gasteiger partial charge in [-0.2, -0.15) is 13.2 Å². The largest absolute Gasteiger partial charge is 0.490 e. The Morgan fingerprint density at radius 1 is 1.21 bits per heavy atom. The Bertz CT molecular complexity index is 855. The molecule has 11 heteroatoms. The average Bonchev–Trinajstić information content (AvgIpc) is 3.32. The Kier molecular flexibility index (Phi) is 7.73. The van der Waals surface area contributed by atoms with Crippen molar-refractivity contribution in [3.05, 3.63) is 23.8 Å². The van der Waals surface area contributed by atoms with Crippen molar-refractivity contribution >= 4 is 11.9 Å². The average molecular weight is 474 g/mol. The lowest BCUT2D eigenvalue weighted by atomic mass is 9.71. The monoisotopic (exact) mass is 474 g/mol. The summed E-state index contributed by atoms with van der Waals surface area (Å²) >= 11 is 0. The van der Waals surface area contributed by atoms with Crippen molar-refractivity contribution in [2.45, 2.75) is 25.4 Å². The number of benzene rings is 1. The van der Waals surface area contributed by atoms with Crippen LogP contribution in [0.25, 0.3) is 0 Å². The first-order valence-electron chi connectivity index (χ1n) is 10.7. The minimum Gasteiger partial charge on any atom is -0.475 e. The zero-order chi connectivity index (χ0) is 24.2. The number of methoxy groups -OCH3 is 1. The Labute approximate surface area is 190 Å². The van der Waals surface area contributed by atoms with E-state index in [1.807, 2.05) is 23.1 Å². The van der Waals surface area contributed by atoms with Crippen LogP contribution in [0.5, 0.6) is 11.5 Å². The smallest absolute Gasteiger partial charge is 0.475 e. The van der Waals surface area contributed by atoms with Gasteiger partial charge in [-0.1, -0.05) is 6.07 Å². The molecule has 1 spiro atoms. The lowest BCUT2D eigenvalue weighted by molar-refractivity contribution is -0.192. The number of hydrogen-bond acceptors (Lipinski definition) is 6. The molecule has 1 N–H and O–H groups in total. The summed E-state index contributed by atoms with van der Waals surface area (Å²) in [5.74, 6) is -0.482. The Hall–Kier alpha value is -2.53. The summed E-state index contributed by atoms with van der Waals surface area (Å²) in [7, 11) is 3.98. The molecule has 0 bridgehead atoms. The number of ether oxygens (including phenoxy) is 3. The molecule has 1 atom stereocenters. The highest BCUT2D eigenvalue weighted by Crippen LogP contribution is 2.44. The molecule has 3 aliphatic rings. The highest BCUT2D eigenvalue weighted by Gasteiger charge is 2.47. The van der Waals surface area contributed by atoms with Crippen molar-refractivity contribution in [1.29, 1.82) is 0 Å². The van der Waals surface area contributed by atoms with Gasteiger partial charge >= 0.3 is 12.1 Å². The fourth-order valence-electron chi connectivity index (χ4n) is 4.84. The molecule has 3 aliphatic heterocycles. The standard InChI is InChI=1S/C20H28N2O4.C2HF3O2/c1-21-11-16(12-24-2)20(13-21)5-7-22(8-6-20)19(23)10-15-3-4-17-18(9-15)26-14-25-17;3-2(4,5)1(6)7/h3-4,9,16H,5-8,10-14H2,1-2H3;(H,6,7). The number of alkyl halides is 3. The number of likely N-dealkylation sites (tertiary alicyclic amines) is 2. The van der Waals surface area contributed by atoms with Gasteiger partial charge in [0.15, 0.2) is 11.5 Å². The van der Waals surface area contributed by atoms with Crippen molar-refractivity contribution < 1.29 is 42.1 Å². The molecule has 2 saturated heterocycles. The summed E-state index contributed by atoms with van der Waals surface area (Å²) in [5.41, 5.74) is 1.29. The molecule has 0 aliphatic carbocycles. The number of halogens is 3. The molecule has 8 nitrogen and oxygen atoms in total. The maximum atomic E-state index is 12.8. The van der Waals surface area contributed by atoms with Crippen LogP contribution in [-0.2, 0) is 20.7 Å². The minimum absolute atomic E-state index is 0.202. The van der Waals surface area contributed by atoms with Gasteiger partial charge in [0.25, 0.3) is 0 Å². The zero-order valence-electron chi connectivity index (χ0n) is 18.7. The van der Waals surface area contributed by atoms with E-state index in [-0.39, 0.29) is 12.7 Å². The van der Waals surface area contributed by atoms with Crippen molar-refractivity contribution in [1.82, 2.24) is 9.80 Å². The fraction of sp³-hybridized carbons (Fsp3) is 0.636. The van der Waals surface area contributed by atoms with Crippen molar-refractivity contribution in [2.24, 2.45) is 11.3 Å². The first kappa shape index (κ1) is 25.1. The third-order valence-corrected chi connectivity index (χ3v) is 6.50. The molecule has 0 radical (unpaired) electrons. The topological polar surface area (TPSA) is 88.5 Å². The molecule has 3 heterocycles. The van der Waals surface area contributed by atoms with E-state index in [0.717, 1.165) is 62.7 Å². The molecule has 4 rings (SSSR count). The first-order valence-corrected chi connectivity index (χ1v) is 10.7. The molecule has 2 fully saturated rings. The normalized spacial score (nSPS) is 21.6. The fourth-order valence-corrected chi connectivity index (χ4v) is 4.84. The highest BCUT2D eigenvalue weighted by atomic mass is 19.4. The van der Waals surface area contributed by atoms with Gasteiger partial charge in [0.1, 0.15) is 0 Å². The van der Waals surface area contributed by atoms with Crippen LogP contribution in [0.2, 0.25) is 0 Å². The number of carbonyl (C=O) groups excluding carboxylic acids is 1. The van der Waals surface area contributed by atoms with Gasteiger partial charge in [-0.3, -0.25) is 4.79 Å². The highest BCUT2D eigenvalue weighted by molar-refractivity contribution is 5.79. The molecule has 0 saturated carbocycles. The van der Waals surface area contributed by atoms with Gasteiger partial charge in [-0.05, 0) is 43.0 Å². The molecule has 1 aromatic rings. The van der Waals surface area contributed by atoms with Crippen molar-refractivity contribution in [2.75, 3.05) is 53.7 Å². The molecule has 1 amide bonds. The number of carbonyl (C=O) groups is 2. The van der Waals surface area contributed by atoms with Gasteiger partial charge < -0.3 is 29.1 Å². The van der Waals surface area contributed by atoms with Crippen LogP contribution < -0.4 is 9.47 Å². The Balaban J connectivity index is 0.000000383. The number of aliphatic carboxylic acids is 1. The Morgan fingerprint density at radius 2 is 1.85 bits per heavy atom. The number of carboxylic acid groups (broad SMARTS) is 1. The summed E-state index contributed by atoms with van der Waals surface area (Å²) in [5, 5.41) is 7.12. The van der Waals surface area contributed by atoms with E-state index in [0.29, 0.717) is 17.8 Å². The summed E-state index contributed by atoms with van der Waals surface area (Å²) in [6, 6.07) is 5.77. The van der Waals surface area contributed by atoms with E-state index < -0.39 is 12.1 Å². The number of hydrogen-bond donors (Lipinski definition) is 1. The van der Waals surface area contributed by atoms with Crippen LogP contribution in [0, 0.1) is 11.3 Å². The van der Waals surface area contributed by atoms with Crippen LogP contribution in [-0.4, -0.2) is 86.7 Å². The van der Waals surface area contributed by atoms with Gasteiger partial charge in [-0.25, -0.2) is 4.79 Å². The van der Waals surface area contributed by atoms with Crippen LogP contribution in [0.15, 0.2) is 18.2 Å². The predicted octanol–water partition coefficient (Wildman–Crippen LogP) is 2.41. The molecule has 184 valence electrons. The molecule has 0 aromatic heterocycles. The second-order valence-corrected chi connectivity index (χ2v) is 8.76. The van der Waals surface area contributed by atoms with Crippen LogP contribution in [0.1, 0.15) is 18.4 Å². The third kappa shape index (κ3) is 6.08. The second kappa shape index (κ2) is 10.2. The number of nitrogens with zero attached hydrogens (tertiary/aromatic N) is 2. The third-order valence-electron chi connectivity index (χ3n) is 6.50. The van der Waals surface area contributed by atoms with Crippen LogP contribution in [0.3, 0.4) is 0 Å². The number of carboxylic acids is 1. The molecular weight excluding hydrogens is 445 g/mol. The lowest BCUT2D eigenvalue weighted by Crippen LogP contribution is -2.47. The quantitative estimate of drug-likeness (QED) is 0.717. The summed E-state index contributed by atoms with van der Waals surface area (Å²) in [6.07, 6.45) is -2.53. The van der Waals surface area contributed by atoms with E-state index in [4.69, 9.17) is 24.1 Å². The lowest BCUT2D eigenvalue weighted by Gasteiger charge is -2.42. The van der Waals surface area contributed by atoms with Gasteiger partial charge in [0.05, 0.1) is 13.0 Å². The molecule has 1 aromatic carbocycles. The minimum atomic E-state index is -5.08. The second-order valence-electron chi connectivity index (χ2n) is 8.76. The molecular formula is C22H29F3N2O6. The van der Waals surface area contributed by atoms with Crippen molar-refractivity contribution in [3.63, 3.8) is 0 Å². The summed E-state index contributed by atoms with van der Waals surface area (Å²) in [6.45, 7) is 4.98. The van der Waals surface area contributed by atoms with Crippen LogP contribution in [0.4, 0.5) is 13.2 Å². The Morgan fingerprint density at radius 3 is 2.45 bits per heavy atom. The summed E-state index contributed by atoms with van der Waals surface area (Å²) in [4.78, 5) is 26.1. The SMILES string of the molecule is COCC1CN(C)CC12CCN(C(=O)Cc1ccc3c(c1)OCO3)CC2.O=C(O)C(F)(F)F. The van der Waals surface area contributed by atoms with E-state index in [2.05, 4.69) is 11.9 Å². The van der Waals surface area contributed by atoms with Gasteiger partial charge in [0, 0.05) is 39.2 Å². The maximum Gasteiger partial charge on any atom is 0.490 e. The van der Waals surface area contributed by atoms with Crippen LogP contribution >= 0.6 is 0 Å². The van der Waals surface area contributed by atoms with E-state index in [1.165, 1.54) is 0 Å². The maximum absolute atomic E-state index is 12.8.